The second-order valence-electron chi connectivity index (χ2n) is 8.48. The number of nitrogens with one attached hydrogen (secondary N) is 1. The molecule has 33 heavy (non-hydrogen) atoms. The van der Waals surface area contributed by atoms with Gasteiger partial charge in [0.05, 0.1) is 0 Å². The lowest BCUT2D eigenvalue weighted by Gasteiger charge is -2.11. The molecule has 1 N–H and O–H groups in total. The molecule has 0 aliphatic carbocycles. The van der Waals surface area contributed by atoms with Crippen molar-refractivity contribution < 1.29 is 9.36 Å². The minimum Gasteiger partial charge on any atom is -0.363 e. The Labute approximate surface area is 193 Å². The van der Waals surface area contributed by atoms with E-state index in [1.54, 1.807) is 4.57 Å². The fraction of sp³-hybridized carbons (Fsp3) is 0.185. The highest BCUT2D eigenvalue weighted by molar-refractivity contribution is 5.82. The summed E-state index contributed by atoms with van der Waals surface area (Å²) in [6, 6.07) is 23.8. The number of nitrogens with zero attached hydrogens (tertiary/aromatic N) is 4. The summed E-state index contributed by atoms with van der Waals surface area (Å²) in [5, 5.41) is 3.45. The highest BCUT2D eigenvalue weighted by Gasteiger charge is 2.41. The molecule has 0 amide bonds. The van der Waals surface area contributed by atoms with E-state index in [1.165, 1.54) is 0 Å². The maximum Gasteiger partial charge on any atom is 0.359 e. The Bertz CT molecular complexity index is 1270. The molecule has 0 bridgehead atoms. The van der Waals surface area contributed by atoms with Crippen LogP contribution in [0, 0.1) is 0 Å². The molecule has 6 heteroatoms. The molecule has 5 rings (SSSR count). The van der Waals surface area contributed by atoms with Gasteiger partial charge in [-0.3, -0.25) is 5.32 Å². The summed E-state index contributed by atoms with van der Waals surface area (Å²) in [6.07, 6.45) is 4.90. The zero-order chi connectivity index (χ0) is 22.8. The Morgan fingerprint density at radius 2 is 1.67 bits per heavy atom. The van der Waals surface area contributed by atoms with Crippen LogP contribution in [-0.4, -0.2) is 36.0 Å². The second-order valence-corrected chi connectivity index (χ2v) is 8.48. The first-order valence-corrected chi connectivity index (χ1v) is 11.1. The van der Waals surface area contributed by atoms with Gasteiger partial charge in [0.2, 0.25) is 0 Å². The Balaban J connectivity index is 1.49. The van der Waals surface area contributed by atoms with Crippen molar-refractivity contribution in [2.45, 2.75) is 18.9 Å². The van der Waals surface area contributed by atoms with Crippen LogP contribution in [-0.2, 0) is 12.8 Å². The van der Waals surface area contributed by atoms with Gasteiger partial charge in [-0.2, -0.15) is 4.57 Å². The number of carbonyl (C=O) groups is 1. The van der Waals surface area contributed by atoms with Crippen LogP contribution >= 0.6 is 0 Å². The largest absolute Gasteiger partial charge is 0.363 e. The summed E-state index contributed by atoms with van der Waals surface area (Å²) in [7, 11) is 3.92. The third-order valence-electron chi connectivity index (χ3n) is 5.86. The zero-order valence-electron chi connectivity index (χ0n) is 18.8. The first-order valence-electron chi connectivity index (χ1n) is 11.1. The molecule has 2 aromatic heterocycles. The highest BCUT2D eigenvalue weighted by atomic mass is 16.2. The average molecular weight is 437 g/mol. The lowest BCUT2D eigenvalue weighted by molar-refractivity contribution is -0.552. The summed E-state index contributed by atoms with van der Waals surface area (Å²) >= 11 is 0. The lowest BCUT2D eigenvalue weighted by atomic mass is 10.1. The normalized spacial score (nSPS) is 14.6. The van der Waals surface area contributed by atoms with Crippen molar-refractivity contribution in [2.24, 2.45) is 0 Å². The van der Waals surface area contributed by atoms with Gasteiger partial charge in [-0.05, 0) is 17.2 Å². The van der Waals surface area contributed by atoms with Crippen molar-refractivity contribution in [1.29, 1.82) is 0 Å². The van der Waals surface area contributed by atoms with Gasteiger partial charge in [0, 0.05) is 38.7 Å². The molecule has 0 fully saturated rings. The van der Waals surface area contributed by atoms with Gasteiger partial charge in [-0.15, -0.1) is 0 Å². The van der Waals surface area contributed by atoms with Gasteiger partial charge >= 0.3 is 11.7 Å². The Morgan fingerprint density at radius 1 is 0.939 bits per heavy atom. The third-order valence-corrected chi connectivity index (χ3v) is 5.86. The van der Waals surface area contributed by atoms with Crippen LogP contribution in [0.2, 0.25) is 0 Å². The van der Waals surface area contributed by atoms with Crippen LogP contribution in [0.3, 0.4) is 0 Å². The van der Waals surface area contributed by atoms with Crippen molar-refractivity contribution in [3.05, 3.63) is 102 Å². The second kappa shape index (κ2) is 8.82. The first-order chi connectivity index (χ1) is 16.1. The van der Waals surface area contributed by atoms with Crippen molar-refractivity contribution in [2.75, 3.05) is 24.3 Å². The van der Waals surface area contributed by atoms with Crippen LogP contribution in [0.15, 0.2) is 85.2 Å². The van der Waals surface area contributed by atoms with Gasteiger partial charge in [0.15, 0.2) is 6.04 Å². The number of hydrogen-bond donors (Lipinski definition) is 1. The molecule has 0 spiro atoms. The van der Waals surface area contributed by atoms with Crippen LogP contribution in [0.25, 0.3) is 11.3 Å². The predicted octanol–water partition coefficient (Wildman–Crippen LogP) is 3.76. The Kier molecular flexibility index (Phi) is 5.57. The van der Waals surface area contributed by atoms with Gasteiger partial charge in [-0.25, -0.2) is 14.8 Å². The number of benzene rings is 2. The van der Waals surface area contributed by atoms with Gasteiger partial charge in [0.1, 0.15) is 23.4 Å². The summed E-state index contributed by atoms with van der Waals surface area (Å²) in [5.41, 5.74) is 4.80. The van der Waals surface area contributed by atoms with Crippen molar-refractivity contribution >= 4 is 17.5 Å². The third kappa shape index (κ3) is 4.32. The van der Waals surface area contributed by atoms with Crippen LogP contribution < -0.4 is 14.8 Å². The van der Waals surface area contributed by atoms with Gasteiger partial charge in [-0.1, -0.05) is 66.7 Å². The number of aromatic nitrogens is 3. The molecule has 164 valence electrons. The minimum atomic E-state index is -0.362. The molecule has 4 aromatic rings. The zero-order valence-corrected chi connectivity index (χ0v) is 18.8. The van der Waals surface area contributed by atoms with E-state index in [4.69, 9.17) is 4.98 Å². The molecule has 1 unspecified atom stereocenters. The van der Waals surface area contributed by atoms with Gasteiger partial charge < -0.3 is 4.90 Å². The minimum absolute atomic E-state index is 0.0237. The molecule has 1 atom stereocenters. The summed E-state index contributed by atoms with van der Waals surface area (Å²) in [4.78, 5) is 24.8. The van der Waals surface area contributed by atoms with Crippen LogP contribution in [0.1, 0.15) is 21.6 Å². The van der Waals surface area contributed by atoms with E-state index >= 15 is 0 Å². The number of hydrogen-bond acceptors (Lipinski definition) is 5. The SMILES string of the molecule is CN(C)c1ccc(CC2Nc3c(Cc4ccccc4)nc(-c4ccccc4)c[n+]3C2=O)cn1. The van der Waals surface area contributed by atoms with E-state index in [2.05, 4.69) is 22.4 Å². The molecular formula is C27H26N5O+. The van der Waals surface area contributed by atoms with E-state index in [0.29, 0.717) is 12.8 Å². The maximum absolute atomic E-state index is 13.4. The molecule has 0 saturated carbocycles. The molecule has 3 heterocycles. The van der Waals surface area contributed by atoms with Crippen LogP contribution in [0.5, 0.6) is 0 Å². The number of fused-ring (bicyclic) bond motifs is 1. The first kappa shape index (κ1) is 20.8. The number of rotatable bonds is 6. The summed E-state index contributed by atoms with van der Waals surface area (Å²) in [6.45, 7) is 0. The van der Waals surface area contributed by atoms with E-state index in [1.807, 2.05) is 92.1 Å². The number of anilines is 2. The number of pyridine rings is 1. The molecule has 2 aromatic carbocycles. The van der Waals surface area contributed by atoms with Crippen LogP contribution in [0.4, 0.5) is 11.6 Å². The molecular weight excluding hydrogens is 410 g/mol. The van der Waals surface area contributed by atoms with Crippen molar-refractivity contribution in [3.63, 3.8) is 0 Å². The monoisotopic (exact) mass is 436 g/mol. The summed E-state index contributed by atoms with van der Waals surface area (Å²) in [5.74, 6) is 1.69. The maximum atomic E-state index is 13.4. The Hall–Kier alpha value is -4.06. The van der Waals surface area contributed by atoms with Gasteiger partial charge in [0.25, 0.3) is 0 Å². The van der Waals surface area contributed by atoms with E-state index in [9.17, 15) is 4.79 Å². The van der Waals surface area contributed by atoms with Crippen molar-refractivity contribution in [1.82, 2.24) is 9.97 Å². The topological polar surface area (TPSA) is 62.0 Å². The average Bonchev–Trinajstić information content (AvgIpc) is 3.16. The van der Waals surface area contributed by atoms with Crippen molar-refractivity contribution in [3.8, 4) is 11.3 Å². The summed E-state index contributed by atoms with van der Waals surface area (Å²) < 4.78 is 1.74. The quantitative estimate of drug-likeness (QED) is 0.466. The molecule has 6 nitrogen and oxygen atoms in total. The lowest BCUT2D eigenvalue weighted by Crippen LogP contribution is -2.44. The van der Waals surface area contributed by atoms with E-state index in [0.717, 1.165) is 39.7 Å². The standard InChI is InChI=1S/C27H25N5O/c1-31(2)25-14-13-20(17-28-25)16-23-27(33)32-18-24(21-11-7-4-8-12-21)29-22(26(32)30-23)15-19-9-5-3-6-10-19/h3-14,17-18,23H,15-16H2,1-2H3/p+1. The molecule has 1 aliphatic rings. The molecule has 1 aliphatic heterocycles. The molecule has 0 radical (unpaired) electrons. The molecule has 0 saturated heterocycles. The van der Waals surface area contributed by atoms with E-state index in [-0.39, 0.29) is 11.9 Å². The van der Waals surface area contributed by atoms with E-state index < -0.39 is 0 Å². The highest BCUT2D eigenvalue weighted by Crippen LogP contribution is 2.25. The fourth-order valence-corrected chi connectivity index (χ4v) is 4.11. The number of carbonyl (C=O) groups excluding carboxylic acids is 1. The predicted molar refractivity (Wildman–Crippen MR) is 129 cm³/mol. The smallest absolute Gasteiger partial charge is 0.359 e. The fourth-order valence-electron chi connectivity index (χ4n) is 4.11. The Morgan fingerprint density at radius 3 is 2.33 bits per heavy atom.